The maximum atomic E-state index is 11.7. The number of hydrogen-bond acceptors (Lipinski definition) is 3. The van der Waals surface area contributed by atoms with Crippen LogP contribution < -0.4 is 5.56 Å². The summed E-state index contributed by atoms with van der Waals surface area (Å²) >= 11 is 5.73. The molecule has 0 spiro atoms. The molecule has 0 radical (unpaired) electrons. The molecular weight excluding hydrogens is 230 g/mol. The summed E-state index contributed by atoms with van der Waals surface area (Å²) in [4.78, 5) is 22.8. The molecule has 1 heterocycles. The van der Waals surface area contributed by atoms with Crippen molar-refractivity contribution in [2.45, 2.75) is 6.92 Å². The number of carbonyl (C=O) groups excluding carboxylic acids is 1. The summed E-state index contributed by atoms with van der Waals surface area (Å²) in [5.74, 6) is -0.367. The maximum absolute atomic E-state index is 11.7. The Balaban J connectivity index is 2.53. The van der Waals surface area contributed by atoms with Crippen LogP contribution in [0.3, 0.4) is 0 Å². The number of aromatic amines is 1. The van der Waals surface area contributed by atoms with E-state index in [1.807, 2.05) is 0 Å². The molecule has 0 atom stereocenters. The van der Waals surface area contributed by atoms with E-state index in [-0.39, 0.29) is 11.5 Å². The van der Waals surface area contributed by atoms with Crippen molar-refractivity contribution in [3.63, 3.8) is 0 Å². The van der Waals surface area contributed by atoms with E-state index in [1.54, 1.807) is 24.3 Å². The highest BCUT2D eigenvalue weighted by Crippen LogP contribution is 2.11. The third kappa shape index (κ3) is 1.77. The largest absolute Gasteiger partial charge is 0.302 e. The minimum absolute atomic E-state index is 0.102. The molecule has 6 heteroatoms. The third-order valence-electron chi connectivity index (χ3n) is 2.09. The summed E-state index contributed by atoms with van der Waals surface area (Å²) < 4.78 is 1.19. The van der Waals surface area contributed by atoms with Gasteiger partial charge >= 0.3 is 5.56 Å². The van der Waals surface area contributed by atoms with Crippen molar-refractivity contribution in [2.75, 3.05) is 0 Å². The highest BCUT2D eigenvalue weighted by molar-refractivity contribution is 6.30. The number of H-pyrrole nitrogens is 1. The van der Waals surface area contributed by atoms with Crippen LogP contribution in [-0.2, 0) is 0 Å². The summed E-state index contributed by atoms with van der Waals surface area (Å²) in [6.07, 6.45) is 0. The predicted octanol–water partition coefficient (Wildman–Crippen LogP) is 1.42. The van der Waals surface area contributed by atoms with Crippen molar-refractivity contribution in [3.05, 3.63) is 45.3 Å². The number of hydrogen-bond donors (Lipinski definition) is 1. The van der Waals surface area contributed by atoms with Crippen LogP contribution in [0.1, 0.15) is 17.4 Å². The van der Waals surface area contributed by atoms with Crippen molar-refractivity contribution in [1.82, 2.24) is 15.0 Å². The van der Waals surface area contributed by atoms with Crippen molar-refractivity contribution >= 4 is 17.4 Å². The summed E-state index contributed by atoms with van der Waals surface area (Å²) in [7, 11) is 0. The standard InChI is InChI=1S/C10H8ClN3O2/c1-6(15)9-10(16)14(13-12-9)8-4-2-7(11)3-5-8/h2-5,13H,1H3. The van der Waals surface area contributed by atoms with Crippen LogP contribution in [0, 0.1) is 0 Å². The normalized spacial score (nSPS) is 10.4. The molecule has 1 aromatic carbocycles. The Hall–Kier alpha value is -1.88. The van der Waals surface area contributed by atoms with Gasteiger partial charge in [-0.2, -0.15) is 0 Å². The molecule has 0 amide bonds. The molecule has 0 fully saturated rings. The van der Waals surface area contributed by atoms with E-state index in [4.69, 9.17) is 11.6 Å². The van der Waals surface area contributed by atoms with Gasteiger partial charge in [0.1, 0.15) is 0 Å². The lowest BCUT2D eigenvalue weighted by molar-refractivity contribution is 0.101. The molecule has 0 aliphatic heterocycles. The number of nitrogens with zero attached hydrogens (tertiary/aromatic N) is 2. The Bertz CT molecular complexity index is 583. The molecular formula is C10H8ClN3O2. The van der Waals surface area contributed by atoms with Gasteiger partial charge in [-0.05, 0) is 24.3 Å². The fourth-order valence-corrected chi connectivity index (χ4v) is 1.42. The van der Waals surface area contributed by atoms with Crippen molar-refractivity contribution in [2.24, 2.45) is 0 Å². The quantitative estimate of drug-likeness (QED) is 0.803. The van der Waals surface area contributed by atoms with Crippen LogP contribution in [0.15, 0.2) is 29.1 Å². The Morgan fingerprint density at radius 3 is 2.50 bits per heavy atom. The first-order chi connectivity index (χ1) is 7.59. The summed E-state index contributed by atoms with van der Waals surface area (Å²) in [6, 6.07) is 6.62. The Morgan fingerprint density at radius 1 is 1.38 bits per heavy atom. The molecule has 0 aliphatic rings. The number of nitrogens with one attached hydrogen (secondary N) is 1. The monoisotopic (exact) mass is 237 g/mol. The lowest BCUT2D eigenvalue weighted by atomic mass is 10.3. The van der Waals surface area contributed by atoms with Crippen LogP contribution in [0.4, 0.5) is 0 Å². The number of benzene rings is 1. The molecule has 16 heavy (non-hydrogen) atoms. The number of halogens is 1. The molecule has 2 aromatic rings. The molecule has 0 unspecified atom stereocenters. The molecule has 5 nitrogen and oxygen atoms in total. The third-order valence-corrected chi connectivity index (χ3v) is 2.34. The average molecular weight is 238 g/mol. The number of rotatable bonds is 2. The molecule has 2 rings (SSSR count). The lowest BCUT2D eigenvalue weighted by Gasteiger charge is -1.99. The lowest BCUT2D eigenvalue weighted by Crippen LogP contribution is -2.19. The van der Waals surface area contributed by atoms with Gasteiger partial charge in [-0.1, -0.05) is 11.6 Å². The van der Waals surface area contributed by atoms with E-state index in [2.05, 4.69) is 10.3 Å². The Labute approximate surface area is 95.6 Å². The van der Waals surface area contributed by atoms with Gasteiger partial charge in [0, 0.05) is 11.9 Å². The van der Waals surface area contributed by atoms with Gasteiger partial charge in [0.25, 0.3) is 0 Å². The van der Waals surface area contributed by atoms with Crippen molar-refractivity contribution in [3.8, 4) is 5.69 Å². The van der Waals surface area contributed by atoms with Gasteiger partial charge in [-0.15, -0.1) is 5.10 Å². The summed E-state index contributed by atoms with van der Waals surface area (Å²) in [5.41, 5.74) is 0.0131. The van der Waals surface area contributed by atoms with Crippen LogP contribution >= 0.6 is 11.6 Å². The fourth-order valence-electron chi connectivity index (χ4n) is 1.29. The van der Waals surface area contributed by atoms with Crippen LogP contribution in [0.2, 0.25) is 5.02 Å². The zero-order valence-electron chi connectivity index (χ0n) is 8.40. The number of Topliss-reactive ketones (excluding diaryl/α,β-unsaturated/α-hetero) is 1. The number of ketones is 1. The smallest absolute Gasteiger partial charge is 0.292 e. The van der Waals surface area contributed by atoms with Crippen LogP contribution in [-0.4, -0.2) is 20.8 Å². The molecule has 0 aliphatic carbocycles. The minimum Gasteiger partial charge on any atom is -0.292 e. The van der Waals surface area contributed by atoms with Crippen LogP contribution in [0.25, 0.3) is 5.69 Å². The van der Waals surface area contributed by atoms with Crippen molar-refractivity contribution < 1.29 is 4.79 Å². The SMILES string of the molecule is CC(=O)c1n[nH]n(-c2ccc(Cl)cc2)c1=O. The van der Waals surface area contributed by atoms with E-state index in [9.17, 15) is 9.59 Å². The second-order valence-corrected chi connectivity index (χ2v) is 3.67. The van der Waals surface area contributed by atoms with Crippen molar-refractivity contribution in [1.29, 1.82) is 0 Å². The first-order valence-corrected chi connectivity index (χ1v) is 4.91. The molecule has 1 N–H and O–H groups in total. The molecule has 0 saturated heterocycles. The fraction of sp³-hybridized carbons (Fsp3) is 0.100. The van der Waals surface area contributed by atoms with Gasteiger partial charge in [-0.3, -0.25) is 9.59 Å². The first-order valence-electron chi connectivity index (χ1n) is 4.54. The van der Waals surface area contributed by atoms with E-state index < -0.39 is 5.56 Å². The van der Waals surface area contributed by atoms with Gasteiger partial charge in [-0.25, -0.2) is 9.90 Å². The number of aromatic nitrogens is 3. The summed E-state index contributed by atoms with van der Waals surface area (Å²) in [6.45, 7) is 1.30. The zero-order chi connectivity index (χ0) is 11.7. The molecule has 0 saturated carbocycles. The average Bonchev–Trinajstić information content (AvgIpc) is 2.61. The van der Waals surface area contributed by atoms with E-state index in [0.717, 1.165) is 0 Å². The maximum Gasteiger partial charge on any atom is 0.302 e. The molecule has 1 aromatic heterocycles. The highest BCUT2D eigenvalue weighted by atomic mass is 35.5. The van der Waals surface area contributed by atoms with E-state index in [0.29, 0.717) is 10.7 Å². The summed E-state index contributed by atoms with van der Waals surface area (Å²) in [5, 5.41) is 6.71. The highest BCUT2D eigenvalue weighted by Gasteiger charge is 2.12. The van der Waals surface area contributed by atoms with E-state index in [1.165, 1.54) is 11.6 Å². The van der Waals surface area contributed by atoms with Crippen LogP contribution in [0.5, 0.6) is 0 Å². The molecule has 82 valence electrons. The van der Waals surface area contributed by atoms with Gasteiger partial charge in [0.2, 0.25) is 0 Å². The number of carbonyl (C=O) groups is 1. The Kier molecular flexibility index (Phi) is 2.62. The molecule has 0 bridgehead atoms. The second kappa shape index (κ2) is 3.94. The van der Waals surface area contributed by atoms with E-state index >= 15 is 0 Å². The predicted molar refractivity (Wildman–Crippen MR) is 59.2 cm³/mol. The first kappa shape index (κ1) is 10.6. The zero-order valence-corrected chi connectivity index (χ0v) is 9.15. The minimum atomic E-state index is -0.463. The van der Waals surface area contributed by atoms with Gasteiger partial charge in [0.15, 0.2) is 11.5 Å². The van der Waals surface area contributed by atoms with Gasteiger partial charge < -0.3 is 0 Å². The second-order valence-electron chi connectivity index (χ2n) is 3.23. The topological polar surface area (TPSA) is 67.8 Å². The Morgan fingerprint density at radius 2 is 2.00 bits per heavy atom. The van der Waals surface area contributed by atoms with Gasteiger partial charge in [0.05, 0.1) is 5.69 Å².